The Hall–Kier alpha value is -1.70. The van der Waals surface area contributed by atoms with Crippen LogP contribution < -0.4 is 5.32 Å². The molecule has 1 N–H and O–H groups in total. The molecular formula is C18H24Cl2FN5O. The molecule has 6 nitrogen and oxygen atoms in total. The van der Waals surface area contributed by atoms with E-state index in [1.54, 1.807) is 13.0 Å². The van der Waals surface area contributed by atoms with Crippen LogP contribution in [0.25, 0.3) is 5.69 Å². The smallest absolute Gasteiger partial charge is 0.276 e. The van der Waals surface area contributed by atoms with Crippen molar-refractivity contribution in [2.24, 2.45) is 5.92 Å². The van der Waals surface area contributed by atoms with Crippen molar-refractivity contribution in [3.8, 4) is 5.69 Å². The number of hydrogen-bond acceptors (Lipinski definition) is 4. The maximum absolute atomic E-state index is 13.4. The number of piperidine rings is 1. The molecule has 3 rings (SSSR count). The van der Waals surface area contributed by atoms with E-state index in [4.69, 9.17) is 11.6 Å². The third-order valence-electron chi connectivity index (χ3n) is 4.83. The number of aromatic nitrogens is 3. The van der Waals surface area contributed by atoms with Crippen molar-refractivity contribution < 1.29 is 9.18 Å². The average Bonchev–Trinajstić information content (AvgIpc) is 3.03. The first-order valence-electron chi connectivity index (χ1n) is 8.89. The number of hydrogen-bond donors (Lipinski definition) is 1. The summed E-state index contributed by atoms with van der Waals surface area (Å²) in [6.07, 6.45) is 1.97. The largest absolute Gasteiger partial charge is 0.337 e. The first-order chi connectivity index (χ1) is 12.5. The van der Waals surface area contributed by atoms with Crippen LogP contribution in [0.5, 0.6) is 0 Å². The fraction of sp³-hybridized carbons (Fsp3) is 0.500. The minimum absolute atomic E-state index is 0. The van der Waals surface area contributed by atoms with Crippen molar-refractivity contribution in [3.05, 3.63) is 40.4 Å². The van der Waals surface area contributed by atoms with Gasteiger partial charge in [-0.3, -0.25) is 4.79 Å². The molecule has 0 saturated carbocycles. The number of rotatable bonds is 5. The normalized spacial score (nSPS) is 14.9. The number of benzene rings is 1. The Morgan fingerprint density at radius 1 is 1.37 bits per heavy atom. The van der Waals surface area contributed by atoms with Crippen LogP contribution >= 0.6 is 24.0 Å². The molecule has 1 aromatic carbocycles. The molecular weight excluding hydrogens is 392 g/mol. The van der Waals surface area contributed by atoms with Crippen molar-refractivity contribution >= 4 is 29.9 Å². The lowest BCUT2D eigenvalue weighted by molar-refractivity contribution is 0.0683. The zero-order valence-corrected chi connectivity index (χ0v) is 17.0. The highest BCUT2D eigenvalue weighted by molar-refractivity contribution is 6.30. The Kier molecular flexibility index (Phi) is 7.59. The second-order valence-corrected chi connectivity index (χ2v) is 6.98. The SMILES string of the molecule is CCNCC1CCN(C(=O)c2nnn(-c3ccc(F)c(Cl)c3)c2C)CC1.Cl. The molecule has 0 aliphatic carbocycles. The van der Waals surface area contributed by atoms with Gasteiger partial charge in [0.05, 0.1) is 16.4 Å². The lowest BCUT2D eigenvalue weighted by Crippen LogP contribution is -2.41. The summed E-state index contributed by atoms with van der Waals surface area (Å²) in [5.41, 5.74) is 1.52. The van der Waals surface area contributed by atoms with Gasteiger partial charge in [0, 0.05) is 13.1 Å². The summed E-state index contributed by atoms with van der Waals surface area (Å²) < 4.78 is 14.9. The lowest BCUT2D eigenvalue weighted by atomic mass is 9.96. The Labute approximate surface area is 169 Å². The number of carbonyl (C=O) groups is 1. The highest BCUT2D eigenvalue weighted by Crippen LogP contribution is 2.22. The lowest BCUT2D eigenvalue weighted by Gasteiger charge is -2.31. The minimum Gasteiger partial charge on any atom is -0.337 e. The van der Waals surface area contributed by atoms with Crippen LogP contribution in [0, 0.1) is 18.7 Å². The molecule has 27 heavy (non-hydrogen) atoms. The van der Waals surface area contributed by atoms with Gasteiger partial charge in [0.15, 0.2) is 5.69 Å². The Balaban J connectivity index is 0.00000261. The third-order valence-corrected chi connectivity index (χ3v) is 5.12. The van der Waals surface area contributed by atoms with Crippen LogP contribution in [0.4, 0.5) is 4.39 Å². The molecule has 0 atom stereocenters. The number of nitrogens with zero attached hydrogens (tertiary/aromatic N) is 4. The number of nitrogens with one attached hydrogen (secondary N) is 1. The van der Waals surface area contributed by atoms with E-state index in [0.29, 0.717) is 23.0 Å². The molecule has 2 aromatic rings. The Morgan fingerprint density at radius 2 is 2.07 bits per heavy atom. The van der Waals surface area contributed by atoms with Gasteiger partial charge in [-0.1, -0.05) is 23.7 Å². The molecule has 1 aliphatic heterocycles. The standard InChI is InChI=1S/C18H23ClFN5O.ClH/c1-3-21-11-13-6-8-24(9-7-13)18(26)17-12(2)25(23-22-17)14-4-5-16(20)15(19)10-14;/h4-5,10,13,21H,3,6-9,11H2,1-2H3;1H. The van der Waals surface area contributed by atoms with Crippen molar-refractivity contribution in [3.63, 3.8) is 0 Å². The quantitative estimate of drug-likeness (QED) is 0.813. The van der Waals surface area contributed by atoms with E-state index in [0.717, 1.165) is 39.0 Å². The van der Waals surface area contributed by atoms with Gasteiger partial charge in [0.1, 0.15) is 5.82 Å². The first kappa shape index (κ1) is 21.6. The van der Waals surface area contributed by atoms with Gasteiger partial charge < -0.3 is 10.2 Å². The van der Waals surface area contributed by atoms with Gasteiger partial charge in [-0.2, -0.15) is 0 Å². The van der Waals surface area contributed by atoms with Crippen molar-refractivity contribution in [2.75, 3.05) is 26.2 Å². The number of halogens is 3. The average molecular weight is 416 g/mol. The fourth-order valence-corrected chi connectivity index (χ4v) is 3.40. The van der Waals surface area contributed by atoms with Crippen molar-refractivity contribution in [2.45, 2.75) is 26.7 Å². The molecule has 0 spiro atoms. The zero-order valence-electron chi connectivity index (χ0n) is 15.4. The molecule has 148 valence electrons. The maximum Gasteiger partial charge on any atom is 0.276 e. The van der Waals surface area contributed by atoms with Crippen molar-refractivity contribution in [1.82, 2.24) is 25.2 Å². The summed E-state index contributed by atoms with van der Waals surface area (Å²) in [5.74, 6) is 0.00548. The summed E-state index contributed by atoms with van der Waals surface area (Å²) in [7, 11) is 0. The second-order valence-electron chi connectivity index (χ2n) is 6.58. The first-order valence-corrected chi connectivity index (χ1v) is 9.26. The summed E-state index contributed by atoms with van der Waals surface area (Å²) >= 11 is 5.84. The molecule has 1 fully saturated rings. The molecule has 0 unspecified atom stereocenters. The van der Waals surface area contributed by atoms with E-state index in [-0.39, 0.29) is 23.3 Å². The van der Waals surface area contributed by atoms with Crippen LogP contribution in [0.1, 0.15) is 35.9 Å². The van der Waals surface area contributed by atoms with Crippen LogP contribution in [-0.4, -0.2) is 52.0 Å². The van der Waals surface area contributed by atoms with Crippen LogP contribution in [0.2, 0.25) is 5.02 Å². The van der Waals surface area contributed by atoms with Gasteiger partial charge >= 0.3 is 0 Å². The summed E-state index contributed by atoms with van der Waals surface area (Å²) in [6.45, 7) is 7.29. The van der Waals surface area contributed by atoms with Crippen LogP contribution in [-0.2, 0) is 0 Å². The van der Waals surface area contributed by atoms with E-state index in [1.807, 2.05) is 4.90 Å². The predicted octanol–water partition coefficient (Wildman–Crippen LogP) is 3.25. The maximum atomic E-state index is 13.4. The zero-order chi connectivity index (χ0) is 18.7. The van der Waals surface area contributed by atoms with Gasteiger partial charge in [0.25, 0.3) is 5.91 Å². The Morgan fingerprint density at radius 3 is 2.70 bits per heavy atom. The van der Waals surface area contributed by atoms with Crippen LogP contribution in [0.15, 0.2) is 18.2 Å². The van der Waals surface area contributed by atoms with Gasteiger partial charge in [-0.05, 0) is 57.0 Å². The monoisotopic (exact) mass is 415 g/mol. The van der Waals surface area contributed by atoms with E-state index in [2.05, 4.69) is 22.6 Å². The van der Waals surface area contributed by atoms with Crippen molar-refractivity contribution in [1.29, 1.82) is 0 Å². The molecule has 1 amide bonds. The molecule has 1 aromatic heterocycles. The number of amides is 1. The molecule has 0 bridgehead atoms. The predicted molar refractivity (Wildman–Crippen MR) is 105 cm³/mol. The molecule has 9 heteroatoms. The number of likely N-dealkylation sites (tertiary alicyclic amines) is 1. The second kappa shape index (κ2) is 9.48. The third kappa shape index (κ3) is 4.78. The number of carbonyl (C=O) groups excluding carboxylic acids is 1. The summed E-state index contributed by atoms with van der Waals surface area (Å²) in [6, 6.07) is 4.30. The molecule has 1 saturated heterocycles. The van der Waals surface area contributed by atoms with Gasteiger partial charge in [-0.25, -0.2) is 9.07 Å². The molecule has 2 heterocycles. The van der Waals surface area contributed by atoms with E-state index < -0.39 is 5.82 Å². The van der Waals surface area contributed by atoms with Gasteiger partial charge in [0.2, 0.25) is 0 Å². The van der Waals surface area contributed by atoms with E-state index in [9.17, 15) is 9.18 Å². The Bertz CT molecular complexity index is 790. The highest BCUT2D eigenvalue weighted by atomic mass is 35.5. The van der Waals surface area contributed by atoms with E-state index >= 15 is 0 Å². The van der Waals surface area contributed by atoms with Gasteiger partial charge in [-0.15, -0.1) is 17.5 Å². The molecule has 0 radical (unpaired) electrons. The minimum atomic E-state index is -0.495. The van der Waals surface area contributed by atoms with Crippen LogP contribution in [0.3, 0.4) is 0 Å². The highest BCUT2D eigenvalue weighted by Gasteiger charge is 2.27. The topological polar surface area (TPSA) is 63.1 Å². The summed E-state index contributed by atoms with van der Waals surface area (Å²) in [5, 5.41) is 11.5. The van der Waals surface area contributed by atoms with E-state index in [1.165, 1.54) is 16.8 Å². The fourth-order valence-electron chi connectivity index (χ4n) is 3.23. The molecule has 1 aliphatic rings. The summed E-state index contributed by atoms with van der Waals surface area (Å²) in [4.78, 5) is 14.7.